The lowest BCUT2D eigenvalue weighted by Gasteiger charge is -2.36. The molecule has 0 amide bonds. The number of pyridine rings is 2. The van der Waals surface area contributed by atoms with Crippen molar-refractivity contribution in [1.82, 2.24) is 19.1 Å². The number of hydrogen-bond acceptors (Lipinski definition) is 10. The Morgan fingerprint density at radius 1 is 1.22 bits per heavy atom. The number of hydrogen-bond donors (Lipinski definition) is 2. The molecule has 3 aliphatic heterocycles. The lowest BCUT2D eigenvalue weighted by atomic mass is 9.86. The molecule has 0 aliphatic carbocycles. The largest absolute Gasteiger partial charge is 0.473 e. The van der Waals surface area contributed by atoms with Crippen LogP contribution in [0.2, 0.25) is 0 Å². The van der Waals surface area contributed by atoms with E-state index in [2.05, 4.69) is 0 Å². The number of nitrogens with zero attached hydrogens (tertiary/aromatic N) is 3. The number of carbonyl (C=O) groups excluding carboxylic acids is 1. The molecular weight excluding hydrogens is 626 g/mol. The Balaban J connectivity index is 1.17. The summed E-state index contributed by atoms with van der Waals surface area (Å²) in [5, 5.41) is 0.903. The number of aromatic nitrogens is 4. The van der Waals surface area contributed by atoms with Crippen LogP contribution in [0.5, 0.6) is 0 Å². The third kappa shape index (κ3) is 4.86. The summed E-state index contributed by atoms with van der Waals surface area (Å²) in [5.41, 5.74) is -1.94. The minimum atomic E-state index is -5.05. The smallest absolute Gasteiger partial charge is 0.458 e. The Kier molecular flexibility index (Phi) is 7.21. The van der Waals surface area contributed by atoms with Crippen molar-refractivity contribution in [3.63, 3.8) is 0 Å². The Morgan fingerprint density at radius 3 is 2.78 bits per heavy atom. The van der Waals surface area contributed by atoms with E-state index in [0.29, 0.717) is 16.9 Å². The topological polar surface area (TPSA) is 181 Å². The molecular formula is C30H28FN4O10P. The monoisotopic (exact) mass is 654 g/mol. The van der Waals surface area contributed by atoms with Crippen LogP contribution in [0, 0.1) is 11.7 Å². The highest BCUT2D eigenvalue weighted by Gasteiger charge is 2.53. The fourth-order valence-electron chi connectivity index (χ4n) is 6.37. The average Bonchev–Trinajstić information content (AvgIpc) is 3.58. The fourth-order valence-corrected chi connectivity index (χ4v) is 7.46. The lowest BCUT2D eigenvalue weighted by molar-refractivity contribution is -0.171. The quantitative estimate of drug-likeness (QED) is 0.195. The van der Waals surface area contributed by atoms with Crippen LogP contribution in [-0.2, 0) is 46.6 Å². The van der Waals surface area contributed by atoms with Crippen LogP contribution < -0.4 is 16.8 Å². The zero-order chi connectivity index (χ0) is 32.5. The highest BCUT2D eigenvalue weighted by atomic mass is 31.2. The first kappa shape index (κ1) is 30.4. The Bertz CT molecular complexity index is 2160. The van der Waals surface area contributed by atoms with E-state index in [0.717, 1.165) is 21.7 Å². The van der Waals surface area contributed by atoms with Gasteiger partial charge in [-0.05, 0) is 37.0 Å². The van der Waals surface area contributed by atoms with E-state index in [9.17, 15) is 33.0 Å². The third-order valence-electron chi connectivity index (χ3n) is 8.83. The second-order valence-corrected chi connectivity index (χ2v) is 13.0. The molecule has 5 atom stereocenters. The van der Waals surface area contributed by atoms with Crippen LogP contribution >= 0.6 is 7.82 Å². The molecule has 16 heteroatoms. The number of carbonyl (C=O) groups is 1. The van der Waals surface area contributed by atoms with Gasteiger partial charge in [0.25, 0.3) is 11.1 Å². The molecule has 1 aromatic carbocycles. The van der Waals surface area contributed by atoms with E-state index in [1.165, 1.54) is 4.57 Å². The molecule has 0 bridgehead atoms. The lowest BCUT2D eigenvalue weighted by Crippen LogP contribution is -2.46. The number of benzene rings is 1. The number of aromatic amines is 1. The molecule has 0 radical (unpaired) electrons. The molecule has 46 heavy (non-hydrogen) atoms. The number of phosphoric ester groups is 1. The maximum absolute atomic E-state index is 13.8. The molecule has 0 saturated carbocycles. The van der Waals surface area contributed by atoms with Gasteiger partial charge in [0.1, 0.15) is 12.8 Å². The van der Waals surface area contributed by atoms with Gasteiger partial charge in [-0.15, -0.1) is 0 Å². The Hall–Kier alpha value is -4.27. The molecule has 3 aromatic heterocycles. The summed E-state index contributed by atoms with van der Waals surface area (Å²) in [5.74, 6) is -2.47. The SMILES string of the molecule is CC[C@@]1(OP(=O)(O)OC[C@H]2O[C@@H](n3cc(F)c(=O)[nH]c3=O)C[C@@H]2C)C(=O)OCc2c1cc1n(c2=O)Cc2cc3ccccc3nc2-1. The zero-order valence-corrected chi connectivity index (χ0v) is 25.5. The first-order valence-electron chi connectivity index (χ1n) is 14.6. The molecule has 4 aromatic rings. The van der Waals surface area contributed by atoms with Gasteiger partial charge in [0.2, 0.25) is 11.4 Å². The van der Waals surface area contributed by atoms with E-state index in [1.807, 2.05) is 35.3 Å². The van der Waals surface area contributed by atoms with Crippen molar-refractivity contribution in [2.75, 3.05) is 6.61 Å². The van der Waals surface area contributed by atoms with Crippen LogP contribution in [0.1, 0.15) is 49.6 Å². The summed E-state index contributed by atoms with van der Waals surface area (Å²) in [4.78, 5) is 68.2. The van der Waals surface area contributed by atoms with Crippen LogP contribution in [0.3, 0.4) is 0 Å². The molecule has 14 nitrogen and oxygen atoms in total. The highest BCUT2D eigenvalue weighted by molar-refractivity contribution is 7.47. The number of cyclic esters (lactones) is 1. The minimum absolute atomic E-state index is 0.0909. The molecule has 3 aliphatic rings. The van der Waals surface area contributed by atoms with Crippen LogP contribution in [-0.4, -0.2) is 42.7 Å². The van der Waals surface area contributed by atoms with Gasteiger partial charge in [-0.1, -0.05) is 32.0 Å². The van der Waals surface area contributed by atoms with Gasteiger partial charge in [-0.3, -0.25) is 28.2 Å². The molecule has 6 heterocycles. The Morgan fingerprint density at radius 2 is 2.00 bits per heavy atom. The van der Waals surface area contributed by atoms with E-state index < -0.39 is 61.0 Å². The van der Waals surface area contributed by atoms with Gasteiger partial charge in [0, 0.05) is 16.5 Å². The number of H-pyrrole nitrogens is 1. The second kappa shape index (κ2) is 10.9. The molecule has 1 fully saturated rings. The van der Waals surface area contributed by atoms with Crippen molar-refractivity contribution >= 4 is 24.7 Å². The number of rotatable bonds is 7. The number of para-hydroxylation sites is 1. The molecule has 1 saturated heterocycles. The van der Waals surface area contributed by atoms with Crippen molar-refractivity contribution in [3.05, 3.63) is 96.3 Å². The zero-order valence-electron chi connectivity index (χ0n) is 24.6. The van der Waals surface area contributed by atoms with E-state index in [1.54, 1.807) is 19.9 Å². The number of nitrogens with one attached hydrogen (secondary N) is 1. The first-order valence-corrected chi connectivity index (χ1v) is 16.1. The predicted molar refractivity (Wildman–Crippen MR) is 158 cm³/mol. The van der Waals surface area contributed by atoms with Crippen molar-refractivity contribution < 1.29 is 37.2 Å². The summed E-state index contributed by atoms with van der Waals surface area (Å²) < 4.78 is 51.7. The van der Waals surface area contributed by atoms with Crippen molar-refractivity contribution in [1.29, 1.82) is 0 Å². The van der Waals surface area contributed by atoms with Gasteiger partial charge in [0.05, 0.1) is 47.9 Å². The first-order chi connectivity index (χ1) is 21.9. The van der Waals surface area contributed by atoms with E-state index >= 15 is 0 Å². The summed E-state index contributed by atoms with van der Waals surface area (Å²) >= 11 is 0. The second-order valence-electron chi connectivity index (χ2n) is 11.6. The standard InChI is InChI=1S/C30H28FN4O10P/c1-3-30(45-46(40,41)43-14-23-15(2)8-24(44-23)35-12-20(31)26(36)33-29(35)39)19-10-22-25-17(9-16-6-4-5-7-21(16)32-25)11-34(22)27(37)18(19)13-42-28(30)38/h4-7,9-10,12,15,23-24H,3,8,11,13-14H2,1-2H3,(H,40,41)(H,33,36,39)/t15-,23+,24+,30-/m0/s1. The summed E-state index contributed by atoms with van der Waals surface area (Å²) in [6.45, 7) is 2.69. The van der Waals surface area contributed by atoms with Crippen molar-refractivity contribution in [2.24, 2.45) is 5.92 Å². The molecule has 0 spiro atoms. The minimum Gasteiger partial charge on any atom is -0.458 e. The van der Waals surface area contributed by atoms with Crippen molar-refractivity contribution in [3.8, 4) is 11.4 Å². The Labute approximate surface area is 258 Å². The van der Waals surface area contributed by atoms with Gasteiger partial charge in [-0.25, -0.2) is 19.1 Å². The predicted octanol–water partition coefficient (Wildman–Crippen LogP) is 2.83. The number of halogens is 1. The van der Waals surface area contributed by atoms with Gasteiger partial charge in [0.15, 0.2) is 0 Å². The average molecular weight is 655 g/mol. The number of phosphoric acid groups is 1. The van der Waals surface area contributed by atoms with Crippen LogP contribution in [0.15, 0.2) is 57.0 Å². The van der Waals surface area contributed by atoms with Crippen molar-refractivity contribution in [2.45, 2.75) is 57.8 Å². The molecule has 1 unspecified atom stereocenters. The number of esters is 1. The fraction of sp³-hybridized carbons (Fsp3) is 0.367. The summed E-state index contributed by atoms with van der Waals surface area (Å²) in [6, 6.07) is 11.0. The van der Waals surface area contributed by atoms with Gasteiger partial charge >= 0.3 is 19.5 Å². The normalized spacial score (nSPS) is 24.7. The maximum Gasteiger partial charge on any atom is 0.473 e. The maximum atomic E-state index is 13.8. The van der Waals surface area contributed by atoms with Crippen LogP contribution in [0.25, 0.3) is 22.3 Å². The molecule has 7 rings (SSSR count). The van der Waals surface area contributed by atoms with Gasteiger partial charge < -0.3 is 18.9 Å². The van der Waals surface area contributed by atoms with Gasteiger partial charge in [-0.2, -0.15) is 4.39 Å². The van der Waals surface area contributed by atoms with E-state index in [4.69, 9.17) is 23.5 Å². The molecule has 2 N–H and O–H groups in total. The highest BCUT2D eigenvalue weighted by Crippen LogP contribution is 2.54. The molecule has 240 valence electrons. The number of ether oxygens (including phenoxy) is 2. The summed E-state index contributed by atoms with van der Waals surface area (Å²) in [6.07, 6.45) is -1.06. The van der Waals surface area contributed by atoms with Crippen LogP contribution in [0.4, 0.5) is 4.39 Å². The third-order valence-corrected chi connectivity index (χ3v) is 9.85. The van der Waals surface area contributed by atoms with E-state index in [-0.39, 0.29) is 43.0 Å². The summed E-state index contributed by atoms with van der Waals surface area (Å²) in [7, 11) is -5.05. The number of fused-ring (bicyclic) bond motifs is 5.